The molecule has 2 nitrogen and oxygen atoms in total. The van der Waals surface area contributed by atoms with Gasteiger partial charge in [-0.25, -0.2) is 0 Å². The second-order valence-electron chi connectivity index (χ2n) is 3.79. The Kier molecular flexibility index (Phi) is 4.02. The van der Waals surface area contributed by atoms with Crippen molar-refractivity contribution in [3.63, 3.8) is 0 Å². The summed E-state index contributed by atoms with van der Waals surface area (Å²) in [7, 11) is 0. The zero-order valence-corrected chi connectivity index (χ0v) is 11.7. The second kappa shape index (κ2) is 5.52. The van der Waals surface area contributed by atoms with Crippen LogP contribution in [0.4, 0.5) is 5.69 Å². The summed E-state index contributed by atoms with van der Waals surface area (Å²) in [4.78, 5) is 4.09. The molecule has 1 heterocycles. The summed E-state index contributed by atoms with van der Waals surface area (Å²) in [5.74, 6) is 0. The number of hydrogen-bond acceptors (Lipinski definition) is 2. The van der Waals surface area contributed by atoms with E-state index in [2.05, 4.69) is 33.2 Å². The van der Waals surface area contributed by atoms with E-state index in [1.54, 1.807) is 6.20 Å². The van der Waals surface area contributed by atoms with E-state index in [1.165, 1.54) is 5.56 Å². The van der Waals surface area contributed by atoms with E-state index in [0.29, 0.717) is 0 Å². The molecule has 0 saturated carbocycles. The molecule has 1 aromatic heterocycles. The van der Waals surface area contributed by atoms with Crippen LogP contribution in [-0.4, -0.2) is 4.98 Å². The Balaban J connectivity index is 2.08. The van der Waals surface area contributed by atoms with Crippen LogP contribution in [-0.2, 0) is 6.54 Å². The van der Waals surface area contributed by atoms with Crippen molar-refractivity contribution >= 4 is 33.2 Å². The fourth-order valence-corrected chi connectivity index (χ4v) is 1.95. The lowest BCUT2D eigenvalue weighted by Gasteiger charge is -2.09. The highest BCUT2D eigenvalue weighted by atomic mass is 79.9. The van der Waals surface area contributed by atoms with Crippen LogP contribution in [0.15, 0.2) is 41.1 Å². The standard InChI is InChI=1S/C13H12BrClN2/c1-9-4-5-16-8-13(9)17-7-10-2-3-11(14)12(15)6-10/h2-6,8,17H,7H2,1H3. The highest BCUT2D eigenvalue weighted by molar-refractivity contribution is 9.10. The van der Waals surface area contributed by atoms with Gasteiger partial charge < -0.3 is 5.32 Å². The number of benzene rings is 1. The van der Waals surface area contributed by atoms with Crippen molar-refractivity contribution in [2.75, 3.05) is 5.32 Å². The topological polar surface area (TPSA) is 24.9 Å². The minimum Gasteiger partial charge on any atom is -0.380 e. The van der Waals surface area contributed by atoms with E-state index in [4.69, 9.17) is 11.6 Å². The monoisotopic (exact) mass is 310 g/mol. The lowest BCUT2D eigenvalue weighted by atomic mass is 10.2. The van der Waals surface area contributed by atoms with Gasteiger partial charge >= 0.3 is 0 Å². The molecule has 1 aromatic carbocycles. The smallest absolute Gasteiger partial charge is 0.0559 e. The Labute approximate surface area is 114 Å². The minimum absolute atomic E-state index is 0.729. The minimum atomic E-state index is 0.729. The lowest BCUT2D eigenvalue weighted by Crippen LogP contribution is -2.01. The van der Waals surface area contributed by atoms with Crippen molar-refractivity contribution < 1.29 is 0 Å². The molecule has 17 heavy (non-hydrogen) atoms. The van der Waals surface area contributed by atoms with Crippen LogP contribution in [0.3, 0.4) is 0 Å². The Morgan fingerprint density at radius 3 is 2.88 bits per heavy atom. The number of rotatable bonds is 3. The second-order valence-corrected chi connectivity index (χ2v) is 5.05. The highest BCUT2D eigenvalue weighted by Crippen LogP contribution is 2.23. The molecule has 0 aliphatic carbocycles. The van der Waals surface area contributed by atoms with Gasteiger partial charge in [-0.05, 0) is 52.2 Å². The van der Waals surface area contributed by atoms with E-state index >= 15 is 0 Å². The van der Waals surface area contributed by atoms with E-state index in [9.17, 15) is 0 Å². The molecule has 2 rings (SSSR count). The largest absolute Gasteiger partial charge is 0.380 e. The first-order chi connectivity index (χ1) is 8.16. The molecule has 0 amide bonds. The van der Waals surface area contributed by atoms with Gasteiger partial charge in [0.05, 0.1) is 16.9 Å². The predicted molar refractivity (Wildman–Crippen MR) is 75.5 cm³/mol. The summed E-state index contributed by atoms with van der Waals surface area (Å²) >= 11 is 9.41. The van der Waals surface area contributed by atoms with Crippen LogP contribution in [0.25, 0.3) is 0 Å². The molecule has 0 aliphatic rings. The molecular formula is C13H12BrClN2. The van der Waals surface area contributed by atoms with Gasteiger partial charge in [-0.2, -0.15) is 0 Å². The van der Waals surface area contributed by atoms with E-state index in [0.717, 1.165) is 27.3 Å². The number of nitrogens with zero attached hydrogens (tertiary/aromatic N) is 1. The molecule has 2 aromatic rings. The van der Waals surface area contributed by atoms with Crippen LogP contribution in [0.1, 0.15) is 11.1 Å². The van der Waals surface area contributed by atoms with Gasteiger partial charge in [0.15, 0.2) is 0 Å². The van der Waals surface area contributed by atoms with Gasteiger partial charge in [-0.3, -0.25) is 4.98 Å². The van der Waals surface area contributed by atoms with E-state index in [-0.39, 0.29) is 0 Å². The van der Waals surface area contributed by atoms with E-state index < -0.39 is 0 Å². The average molecular weight is 312 g/mol. The van der Waals surface area contributed by atoms with Crippen LogP contribution in [0.5, 0.6) is 0 Å². The molecule has 0 radical (unpaired) electrons. The van der Waals surface area contributed by atoms with Gasteiger partial charge in [-0.1, -0.05) is 17.7 Å². The molecule has 1 N–H and O–H groups in total. The van der Waals surface area contributed by atoms with Crippen molar-refractivity contribution in [3.8, 4) is 0 Å². The Morgan fingerprint density at radius 1 is 1.35 bits per heavy atom. The number of aromatic nitrogens is 1. The maximum atomic E-state index is 6.04. The Hall–Kier alpha value is -1.06. The number of anilines is 1. The van der Waals surface area contributed by atoms with Crippen LogP contribution in [0.2, 0.25) is 5.02 Å². The zero-order chi connectivity index (χ0) is 12.3. The van der Waals surface area contributed by atoms with Gasteiger partial charge in [0.2, 0.25) is 0 Å². The third-order valence-electron chi connectivity index (χ3n) is 2.51. The summed E-state index contributed by atoms with van der Waals surface area (Å²) < 4.78 is 0.917. The first-order valence-electron chi connectivity index (χ1n) is 5.25. The fourth-order valence-electron chi connectivity index (χ4n) is 1.50. The van der Waals surface area contributed by atoms with Gasteiger partial charge in [0.25, 0.3) is 0 Å². The summed E-state index contributed by atoms with van der Waals surface area (Å²) in [6, 6.07) is 7.92. The van der Waals surface area contributed by atoms with E-state index in [1.807, 2.05) is 30.5 Å². The molecule has 0 saturated heterocycles. The highest BCUT2D eigenvalue weighted by Gasteiger charge is 2.00. The van der Waals surface area contributed by atoms with Gasteiger partial charge in [0.1, 0.15) is 0 Å². The van der Waals surface area contributed by atoms with Crippen molar-refractivity contribution in [3.05, 3.63) is 57.3 Å². The molecular weight excluding hydrogens is 300 g/mol. The third kappa shape index (κ3) is 3.20. The van der Waals surface area contributed by atoms with Crippen LogP contribution < -0.4 is 5.32 Å². The summed E-state index contributed by atoms with van der Waals surface area (Å²) in [5.41, 5.74) is 3.37. The SMILES string of the molecule is Cc1ccncc1NCc1ccc(Br)c(Cl)c1. The molecule has 0 fully saturated rings. The molecule has 0 aliphatic heterocycles. The normalized spacial score (nSPS) is 10.3. The summed E-state index contributed by atoms with van der Waals surface area (Å²) in [5, 5.41) is 4.07. The fraction of sp³-hybridized carbons (Fsp3) is 0.154. The van der Waals surface area contributed by atoms with Crippen molar-refractivity contribution in [2.45, 2.75) is 13.5 Å². The summed E-state index contributed by atoms with van der Waals surface area (Å²) in [6.45, 7) is 2.79. The quantitative estimate of drug-likeness (QED) is 0.907. The molecule has 0 bridgehead atoms. The average Bonchev–Trinajstić information content (AvgIpc) is 2.32. The summed E-state index contributed by atoms with van der Waals surface area (Å²) in [6.07, 6.45) is 3.62. The van der Waals surface area contributed by atoms with Crippen molar-refractivity contribution in [1.29, 1.82) is 0 Å². The number of pyridine rings is 1. The zero-order valence-electron chi connectivity index (χ0n) is 9.37. The number of halogens is 2. The maximum absolute atomic E-state index is 6.04. The molecule has 4 heteroatoms. The molecule has 0 unspecified atom stereocenters. The van der Waals surface area contributed by atoms with Gasteiger partial charge in [0, 0.05) is 17.2 Å². The first kappa shape index (κ1) is 12.4. The van der Waals surface area contributed by atoms with Gasteiger partial charge in [-0.15, -0.1) is 0 Å². The number of aryl methyl sites for hydroxylation is 1. The number of nitrogens with one attached hydrogen (secondary N) is 1. The maximum Gasteiger partial charge on any atom is 0.0559 e. The van der Waals surface area contributed by atoms with Crippen LogP contribution >= 0.6 is 27.5 Å². The number of hydrogen-bond donors (Lipinski definition) is 1. The Morgan fingerprint density at radius 2 is 2.18 bits per heavy atom. The van der Waals surface area contributed by atoms with Crippen molar-refractivity contribution in [2.24, 2.45) is 0 Å². The predicted octanol–water partition coefficient (Wildman–Crippen LogP) is 4.42. The Bertz CT molecular complexity index is 529. The first-order valence-corrected chi connectivity index (χ1v) is 6.42. The third-order valence-corrected chi connectivity index (χ3v) is 3.74. The molecule has 0 atom stereocenters. The lowest BCUT2D eigenvalue weighted by molar-refractivity contribution is 1.12. The van der Waals surface area contributed by atoms with Crippen LogP contribution in [0, 0.1) is 6.92 Å². The molecule has 0 spiro atoms. The molecule has 88 valence electrons. The van der Waals surface area contributed by atoms with Crippen molar-refractivity contribution in [1.82, 2.24) is 4.98 Å².